The molecule has 1 N–H and O–H groups in total. The Kier molecular flexibility index (Phi) is 3.98. The first-order chi connectivity index (χ1) is 12.6. The van der Waals surface area contributed by atoms with Gasteiger partial charge in [0.1, 0.15) is 12.4 Å². The molecule has 1 amide bonds. The summed E-state index contributed by atoms with van der Waals surface area (Å²) in [6.45, 7) is 1.59. The maximum absolute atomic E-state index is 12.5. The molecule has 4 aliphatic carbocycles. The smallest absolute Gasteiger partial charge is 0.346 e. The number of hydrogen-bond donors (Lipinski definition) is 1. The average Bonchev–Trinajstić information content (AvgIpc) is 2.76. The van der Waals surface area contributed by atoms with Crippen LogP contribution in [-0.4, -0.2) is 26.8 Å². The van der Waals surface area contributed by atoms with Crippen LogP contribution < -0.4 is 11.0 Å². The standard InChI is InChI=1S/C20H30N4O2/c25-18(12-24-19(26)23-5-3-1-2-4-17(23)22-24)21-13-20-9-14-6-15(10-20)8-16(7-14)11-20/h14-16H,1-13H2,(H,21,25). The van der Waals surface area contributed by atoms with E-state index in [2.05, 4.69) is 10.4 Å². The zero-order valence-corrected chi connectivity index (χ0v) is 15.6. The first kappa shape index (κ1) is 16.6. The van der Waals surface area contributed by atoms with E-state index in [4.69, 9.17) is 0 Å². The van der Waals surface area contributed by atoms with Gasteiger partial charge < -0.3 is 5.32 Å². The molecule has 0 saturated heterocycles. The molecule has 0 spiro atoms. The van der Waals surface area contributed by atoms with Crippen molar-refractivity contribution in [2.45, 2.75) is 77.3 Å². The molecule has 0 aromatic carbocycles. The molecule has 4 bridgehead atoms. The summed E-state index contributed by atoms with van der Waals surface area (Å²) in [5.41, 5.74) is 0.215. The molecule has 6 rings (SSSR count). The monoisotopic (exact) mass is 358 g/mol. The van der Waals surface area contributed by atoms with E-state index < -0.39 is 0 Å². The number of carbonyl (C=O) groups is 1. The van der Waals surface area contributed by atoms with Gasteiger partial charge in [0, 0.05) is 19.5 Å². The summed E-state index contributed by atoms with van der Waals surface area (Å²) in [6, 6.07) is 0. The third-order valence-corrected chi connectivity index (χ3v) is 7.40. The number of rotatable bonds is 4. The molecule has 5 aliphatic rings. The Morgan fingerprint density at radius 3 is 2.46 bits per heavy atom. The van der Waals surface area contributed by atoms with Gasteiger partial charge in [0.2, 0.25) is 5.91 Å². The maximum Gasteiger partial charge on any atom is 0.346 e. The molecule has 0 radical (unpaired) electrons. The second kappa shape index (κ2) is 6.24. The molecular formula is C20H30N4O2. The lowest BCUT2D eigenvalue weighted by Gasteiger charge is -2.56. The lowest BCUT2D eigenvalue weighted by atomic mass is 9.49. The number of amides is 1. The number of fused-ring (bicyclic) bond motifs is 1. The van der Waals surface area contributed by atoms with E-state index in [9.17, 15) is 9.59 Å². The molecule has 1 aromatic rings. The zero-order valence-electron chi connectivity index (χ0n) is 15.6. The summed E-state index contributed by atoms with van der Waals surface area (Å²) >= 11 is 0. The van der Waals surface area contributed by atoms with Gasteiger partial charge in [-0.05, 0) is 74.5 Å². The van der Waals surface area contributed by atoms with Crippen molar-refractivity contribution in [1.82, 2.24) is 19.7 Å². The number of aromatic nitrogens is 3. The zero-order chi connectivity index (χ0) is 17.7. The second-order valence-corrected chi connectivity index (χ2v) is 9.51. The lowest BCUT2D eigenvalue weighted by Crippen LogP contribution is -2.51. The summed E-state index contributed by atoms with van der Waals surface area (Å²) in [5, 5.41) is 7.59. The summed E-state index contributed by atoms with van der Waals surface area (Å²) in [7, 11) is 0. The summed E-state index contributed by atoms with van der Waals surface area (Å²) in [6.07, 6.45) is 12.2. The molecule has 2 heterocycles. The fourth-order valence-corrected chi connectivity index (χ4v) is 6.71. The number of nitrogens with one attached hydrogen (secondary N) is 1. The van der Waals surface area contributed by atoms with E-state index in [1.807, 2.05) is 0 Å². The Labute approximate surface area is 154 Å². The van der Waals surface area contributed by atoms with Gasteiger partial charge in [-0.2, -0.15) is 5.10 Å². The fraction of sp³-hybridized carbons (Fsp3) is 0.850. The normalized spacial score (nSPS) is 35.2. The van der Waals surface area contributed by atoms with Gasteiger partial charge in [0.25, 0.3) is 0 Å². The second-order valence-electron chi connectivity index (χ2n) is 9.51. The number of nitrogens with zero attached hydrogens (tertiary/aromatic N) is 3. The minimum Gasteiger partial charge on any atom is -0.354 e. The van der Waals surface area contributed by atoms with Gasteiger partial charge in [-0.1, -0.05) is 6.42 Å². The van der Waals surface area contributed by atoms with Crippen LogP contribution in [0.5, 0.6) is 0 Å². The van der Waals surface area contributed by atoms with Crippen LogP contribution >= 0.6 is 0 Å². The van der Waals surface area contributed by atoms with Crippen molar-refractivity contribution in [2.75, 3.05) is 6.54 Å². The summed E-state index contributed by atoms with van der Waals surface area (Å²) in [5.74, 6) is 3.47. The van der Waals surface area contributed by atoms with Crippen molar-refractivity contribution in [3.05, 3.63) is 16.3 Å². The molecule has 0 atom stereocenters. The molecule has 26 heavy (non-hydrogen) atoms. The van der Waals surface area contributed by atoms with Crippen molar-refractivity contribution in [3.8, 4) is 0 Å². The predicted molar refractivity (Wildman–Crippen MR) is 97.7 cm³/mol. The highest BCUT2D eigenvalue weighted by Crippen LogP contribution is 2.59. The molecule has 0 unspecified atom stereocenters. The Hall–Kier alpha value is -1.59. The first-order valence-corrected chi connectivity index (χ1v) is 10.5. The maximum atomic E-state index is 12.5. The van der Waals surface area contributed by atoms with E-state index in [0.717, 1.165) is 62.4 Å². The Bertz CT molecular complexity index is 727. The highest BCUT2D eigenvalue weighted by Gasteiger charge is 2.50. The van der Waals surface area contributed by atoms with Crippen molar-refractivity contribution in [2.24, 2.45) is 23.2 Å². The topological polar surface area (TPSA) is 68.9 Å². The molecule has 1 aromatic heterocycles. The largest absolute Gasteiger partial charge is 0.354 e. The molecule has 4 saturated carbocycles. The van der Waals surface area contributed by atoms with Crippen LogP contribution in [0.15, 0.2) is 4.79 Å². The van der Waals surface area contributed by atoms with Gasteiger partial charge in [0.15, 0.2) is 0 Å². The molecule has 142 valence electrons. The van der Waals surface area contributed by atoms with Gasteiger partial charge in [-0.15, -0.1) is 0 Å². The van der Waals surface area contributed by atoms with Gasteiger partial charge in [0.05, 0.1) is 0 Å². The van der Waals surface area contributed by atoms with Gasteiger partial charge in [-0.3, -0.25) is 9.36 Å². The van der Waals surface area contributed by atoms with Crippen LogP contribution in [0.4, 0.5) is 0 Å². The van der Waals surface area contributed by atoms with E-state index >= 15 is 0 Å². The van der Waals surface area contributed by atoms with Crippen LogP contribution in [0.1, 0.15) is 63.6 Å². The van der Waals surface area contributed by atoms with E-state index in [0.29, 0.717) is 5.41 Å². The van der Waals surface area contributed by atoms with Crippen LogP contribution in [-0.2, 0) is 24.3 Å². The SMILES string of the molecule is O=C(Cn1nc2n(c1=O)CCCCC2)NCC12CC3CC(CC(C3)C1)C2. The highest BCUT2D eigenvalue weighted by atomic mass is 16.2. The lowest BCUT2D eigenvalue weighted by molar-refractivity contribution is -0.124. The van der Waals surface area contributed by atoms with Gasteiger partial charge >= 0.3 is 5.69 Å². The highest BCUT2D eigenvalue weighted by molar-refractivity contribution is 5.75. The van der Waals surface area contributed by atoms with Crippen LogP contribution in [0, 0.1) is 23.2 Å². The van der Waals surface area contributed by atoms with Crippen molar-refractivity contribution < 1.29 is 4.79 Å². The Balaban J connectivity index is 1.23. The third-order valence-electron chi connectivity index (χ3n) is 7.40. The minimum atomic E-state index is -0.119. The fourth-order valence-electron chi connectivity index (χ4n) is 6.71. The summed E-state index contributed by atoms with van der Waals surface area (Å²) < 4.78 is 3.13. The number of carbonyl (C=O) groups excluding carboxylic acids is 1. The molecule has 4 fully saturated rings. The average molecular weight is 358 g/mol. The Morgan fingerprint density at radius 2 is 1.77 bits per heavy atom. The number of hydrogen-bond acceptors (Lipinski definition) is 3. The minimum absolute atomic E-state index is 0.0592. The Morgan fingerprint density at radius 1 is 1.08 bits per heavy atom. The quantitative estimate of drug-likeness (QED) is 0.896. The molecular weight excluding hydrogens is 328 g/mol. The van der Waals surface area contributed by atoms with Crippen molar-refractivity contribution in [3.63, 3.8) is 0 Å². The van der Waals surface area contributed by atoms with Crippen molar-refractivity contribution in [1.29, 1.82) is 0 Å². The molecule has 6 heteroatoms. The van der Waals surface area contributed by atoms with Crippen molar-refractivity contribution >= 4 is 5.91 Å². The van der Waals surface area contributed by atoms with Crippen LogP contribution in [0.2, 0.25) is 0 Å². The predicted octanol–water partition coefficient (Wildman–Crippen LogP) is 2.10. The summed E-state index contributed by atoms with van der Waals surface area (Å²) in [4.78, 5) is 25.0. The van der Waals surface area contributed by atoms with E-state index in [1.54, 1.807) is 4.57 Å². The number of aryl methyl sites for hydroxylation is 1. The first-order valence-electron chi connectivity index (χ1n) is 10.5. The molecule has 6 nitrogen and oxygen atoms in total. The third kappa shape index (κ3) is 2.91. The van der Waals surface area contributed by atoms with Gasteiger partial charge in [-0.25, -0.2) is 9.48 Å². The molecule has 1 aliphatic heterocycles. The van der Waals surface area contributed by atoms with Crippen LogP contribution in [0.3, 0.4) is 0 Å². The van der Waals surface area contributed by atoms with E-state index in [1.165, 1.54) is 43.2 Å². The van der Waals surface area contributed by atoms with E-state index in [-0.39, 0.29) is 18.1 Å². The van der Waals surface area contributed by atoms with Crippen LogP contribution in [0.25, 0.3) is 0 Å².